The van der Waals surface area contributed by atoms with Gasteiger partial charge in [0.1, 0.15) is 6.26 Å². The lowest BCUT2D eigenvalue weighted by Gasteiger charge is -2.05. The van der Waals surface area contributed by atoms with E-state index in [1.807, 2.05) is 30.3 Å². The Balaban J connectivity index is 2.30. The van der Waals surface area contributed by atoms with Crippen molar-refractivity contribution in [3.63, 3.8) is 0 Å². The van der Waals surface area contributed by atoms with Crippen LogP contribution in [0.25, 0.3) is 11.5 Å². The Hall–Kier alpha value is -2.10. The highest BCUT2D eigenvalue weighted by molar-refractivity contribution is 5.92. The first kappa shape index (κ1) is 10.4. The number of carbonyl (C=O) groups excluding carboxylic acids is 1. The van der Waals surface area contributed by atoms with Crippen molar-refractivity contribution in [2.75, 3.05) is 14.1 Å². The second-order valence-corrected chi connectivity index (χ2v) is 3.60. The summed E-state index contributed by atoms with van der Waals surface area (Å²) >= 11 is 0. The van der Waals surface area contributed by atoms with Gasteiger partial charge in [0, 0.05) is 19.7 Å². The third kappa shape index (κ3) is 1.95. The average Bonchev–Trinajstić information content (AvgIpc) is 2.78. The zero-order chi connectivity index (χ0) is 11.5. The van der Waals surface area contributed by atoms with E-state index in [4.69, 9.17) is 4.42 Å². The maximum Gasteiger partial charge on any atom is 0.275 e. The Labute approximate surface area is 93.5 Å². The third-order valence-corrected chi connectivity index (χ3v) is 2.15. The highest BCUT2D eigenvalue weighted by atomic mass is 16.3. The summed E-state index contributed by atoms with van der Waals surface area (Å²) in [6.45, 7) is 0. The van der Waals surface area contributed by atoms with Crippen LogP contribution in [-0.2, 0) is 0 Å². The summed E-state index contributed by atoms with van der Waals surface area (Å²) in [7, 11) is 3.36. The van der Waals surface area contributed by atoms with E-state index in [9.17, 15) is 4.79 Å². The van der Waals surface area contributed by atoms with Crippen molar-refractivity contribution in [3.05, 3.63) is 42.3 Å². The fourth-order valence-corrected chi connectivity index (χ4v) is 1.31. The Morgan fingerprint density at radius 2 is 1.94 bits per heavy atom. The van der Waals surface area contributed by atoms with E-state index in [1.165, 1.54) is 11.2 Å². The Morgan fingerprint density at radius 1 is 1.25 bits per heavy atom. The maximum absolute atomic E-state index is 11.6. The van der Waals surface area contributed by atoms with Crippen LogP contribution >= 0.6 is 0 Å². The molecule has 0 unspecified atom stereocenters. The molecular weight excluding hydrogens is 204 g/mol. The molecule has 0 N–H and O–H groups in total. The second-order valence-electron chi connectivity index (χ2n) is 3.60. The molecule has 0 bridgehead atoms. The van der Waals surface area contributed by atoms with Gasteiger partial charge in [0.15, 0.2) is 5.69 Å². The molecule has 2 aromatic rings. The van der Waals surface area contributed by atoms with E-state index >= 15 is 0 Å². The van der Waals surface area contributed by atoms with Crippen LogP contribution in [0.5, 0.6) is 0 Å². The van der Waals surface area contributed by atoms with Crippen LogP contribution in [0.4, 0.5) is 0 Å². The molecule has 0 fully saturated rings. The summed E-state index contributed by atoms with van der Waals surface area (Å²) < 4.78 is 5.26. The number of hydrogen-bond acceptors (Lipinski definition) is 3. The molecule has 0 saturated carbocycles. The predicted octanol–water partition coefficient (Wildman–Crippen LogP) is 2.04. The molecule has 2 rings (SSSR count). The standard InChI is InChI=1S/C12H12N2O2/c1-14(2)12(15)10-8-16-11(13-10)9-6-4-3-5-7-9/h3-8H,1-2H3. The number of hydrogen-bond donors (Lipinski definition) is 0. The minimum Gasteiger partial charge on any atom is -0.444 e. The molecule has 0 saturated heterocycles. The molecule has 0 aliphatic heterocycles. The molecule has 1 heterocycles. The fraction of sp³-hybridized carbons (Fsp3) is 0.167. The van der Waals surface area contributed by atoms with Gasteiger partial charge in [-0.1, -0.05) is 18.2 Å². The van der Waals surface area contributed by atoms with Crippen LogP contribution in [0, 0.1) is 0 Å². The number of amides is 1. The monoisotopic (exact) mass is 216 g/mol. The molecule has 4 heteroatoms. The molecule has 0 atom stereocenters. The van der Waals surface area contributed by atoms with E-state index in [1.54, 1.807) is 14.1 Å². The van der Waals surface area contributed by atoms with Crippen LogP contribution < -0.4 is 0 Å². The van der Waals surface area contributed by atoms with Crippen molar-refractivity contribution in [2.45, 2.75) is 0 Å². The number of carbonyl (C=O) groups is 1. The number of rotatable bonds is 2. The first-order valence-corrected chi connectivity index (χ1v) is 4.91. The van der Waals surface area contributed by atoms with E-state index in [0.717, 1.165) is 5.56 Å². The van der Waals surface area contributed by atoms with E-state index in [2.05, 4.69) is 4.98 Å². The summed E-state index contributed by atoms with van der Waals surface area (Å²) in [5.41, 5.74) is 1.18. The van der Waals surface area contributed by atoms with E-state index < -0.39 is 0 Å². The highest BCUT2D eigenvalue weighted by Crippen LogP contribution is 2.18. The van der Waals surface area contributed by atoms with Gasteiger partial charge in [-0.15, -0.1) is 0 Å². The summed E-state index contributed by atoms with van der Waals surface area (Å²) in [5, 5.41) is 0. The second kappa shape index (κ2) is 4.18. The summed E-state index contributed by atoms with van der Waals surface area (Å²) in [6, 6.07) is 9.48. The van der Waals surface area contributed by atoms with Gasteiger partial charge in [-0.2, -0.15) is 0 Å². The molecule has 0 radical (unpaired) electrons. The predicted molar refractivity (Wildman–Crippen MR) is 60.0 cm³/mol. The maximum atomic E-state index is 11.6. The SMILES string of the molecule is CN(C)C(=O)c1coc(-c2ccccc2)n1. The van der Waals surface area contributed by atoms with Crippen LogP contribution in [0.2, 0.25) is 0 Å². The minimum absolute atomic E-state index is 0.161. The summed E-state index contributed by atoms with van der Waals surface area (Å²) in [5.74, 6) is 0.303. The molecule has 1 amide bonds. The lowest BCUT2D eigenvalue weighted by Crippen LogP contribution is -2.21. The van der Waals surface area contributed by atoms with Gasteiger partial charge in [0.05, 0.1) is 0 Å². The average molecular weight is 216 g/mol. The van der Waals surface area contributed by atoms with Gasteiger partial charge >= 0.3 is 0 Å². The molecule has 1 aromatic heterocycles. The van der Waals surface area contributed by atoms with Crippen LogP contribution in [0.1, 0.15) is 10.5 Å². The largest absolute Gasteiger partial charge is 0.444 e. The van der Waals surface area contributed by atoms with Gasteiger partial charge in [-0.3, -0.25) is 4.79 Å². The van der Waals surface area contributed by atoms with Crippen molar-refractivity contribution < 1.29 is 9.21 Å². The van der Waals surface area contributed by atoms with Crippen LogP contribution in [0.15, 0.2) is 41.0 Å². The topological polar surface area (TPSA) is 46.3 Å². The highest BCUT2D eigenvalue weighted by Gasteiger charge is 2.14. The van der Waals surface area contributed by atoms with Gasteiger partial charge in [-0.25, -0.2) is 4.98 Å². The molecule has 82 valence electrons. The number of benzene rings is 1. The van der Waals surface area contributed by atoms with Crippen molar-refractivity contribution in [1.29, 1.82) is 0 Å². The molecular formula is C12H12N2O2. The zero-order valence-electron chi connectivity index (χ0n) is 9.18. The number of nitrogens with zero attached hydrogens (tertiary/aromatic N) is 2. The molecule has 4 nitrogen and oxygen atoms in total. The van der Waals surface area contributed by atoms with Crippen molar-refractivity contribution >= 4 is 5.91 Å². The summed E-state index contributed by atoms with van der Waals surface area (Å²) in [4.78, 5) is 17.2. The van der Waals surface area contributed by atoms with Gasteiger partial charge < -0.3 is 9.32 Å². The minimum atomic E-state index is -0.161. The smallest absolute Gasteiger partial charge is 0.275 e. The summed E-state index contributed by atoms with van der Waals surface area (Å²) in [6.07, 6.45) is 1.38. The zero-order valence-corrected chi connectivity index (χ0v) is 9.18. The van der Waals surface area contributed by atoms with Crippen LogP contribution in [-0.4, -0.2) is 29.9 Å². The van der Waals surface area contributed by atoms with Gasteiger partial charge in [0.2, 0.25) is 5.89 Å². The Bertz CT molecular complexity index is 489. The lowest BCUT2D eigenvalue weighted by atomic mass is 10.2. The molecule has 0 spiro atoms. The van der Waals surface area contributed by atoms with Crippen molar-refractivity contribution in [3.8, 4) is 11.5 Å². The fourth-order valence-electron chi connectivity index (χ4n) is 1.31. The first-order chi connectivity index (χ1) is 7.68. The van der Waals surface area contributed by atoms with E-state index in [-0.39, 0.29) is 5.91 Å². The van der Waals surface area contributed by atoms with Gasteiger partial charge in [-0.05, 0) is 12.1 Å². The normalized spacial score (nSPS) is 10.1. The Morgan fingerprint density at radius 3 is 2.56 bits per heavy atom. The first-order valence-electron chi connectivity index (χ1n) is 4.91. The van der Waals surface area contributed by atoms with Crippen molar-refractivity contribution in [1.82, 2.24) is 9.88 Å². The van der Waals surface area contributed by atoms with E-state index in [0.29, 0.717) is 11.6 Å². The number of aromatic nitrogens is 1. The van der Waals surface area contributed by atoms with Gasteiger partial charge in [0.25, 0.3) is 5.91 Å². The van der Waals surface area contributed by atoms with Crippen molar-refractivity contribution in [2.24, 2.45) is 0 Å². The Kier molecular flexibility index (Phi) is 2.72. The quantitative estimate of drug-likeness (QED) is 0.771. The third-order valence-electron chi connectivity index (χ3n) is 2.15. The molecule has 0 aliphatic carbocycles. The molecule has 0 aliphatic rings. The molecule has 16 heavy (non-hydrogen) atoms. The van der Waals surface area contributed by atoms with Crippen LogP contribution in [0.3, 0.4) is 0 Å². The number of oxazole rings is 1. The lowest BCUT2D eigenvalue weighted by molar-refractivity contribution is 0.0822. The molecule has 1 aromatic carbocycles.